The zero-order valence-corrected chi connectivity index (χ0v) is 12.2. The number of nitro benzene ring substituents is 1. The maximum Gasteiger partial charge on any atom is 0.288 e. The van der Waals surface area contributed by atoms with E-state index in [0.29, 0.717) is 17.9 Å². The number of benzene rings is 1. The van der Waals surface area contributed by atoms with Crippen LogP contribution in [0.3, 0.4) is 0 Å². The van der Waals surface area contributed by atoms with Crippen LogP contribution in [0.5, 0.6) is 5.75 Å². The maximum atomic E-state index is 10.8. The third-order valence-electron chi connectivity index (χ3n) is 3.36. The summed E-state index contributed by atoms with van der Waals surface area (Å²) < 4.78 is 5.67. The van der Waals surface area contributed by atoms with E-state index < -0.39 is 4.92 Å². The molecule has 0 aliphatic heterocycles. The van der Waals surface area contributed by atoms with E-state index in [4.69, 9.17) is 22.1 Å². The van der Waals surface area contributed by atoms with Gasteiger partial charge in [0.25, 0.3) is 5.69 Å². The molecule has 106 valence electrons. The van der Waals surface area contributed by atoms with Crippen molar-refractivity contribution in [1.82, 2.24) is 0 Å². The Morgan fingerprint density at radius 3 is 2.47 bits per heavy atom. The first-order valence-electron chi connectivity index (χ1n) is 6.19. The number of hydrogen-bond donors (Lipinski definition) is 1. The Morgan fingerprint density at radius 2 is 2.00 bits per heavy atom. The van der Waals surface area contributed by atoms with Crippen molar-refractivity contribution >= 4 is 17.3 Å². The Kier molecular flexibility index (Phi) is 5.14. The fraction of sp³-hybridized carbons (Fsp3) is 0.538. The molecule has 1 aromatic carbocycles. The van der Waals surface area contributed by atoms with Crippen LogP contribution < -0.4 is 10.5 Å². The number of nitrogens with zero attached hydrogens (tertiary/aromatic N) is 1. The first kappa shape index (κ1) is 15.7. The molecule has 0 atom stereocenters. The van der Waals surface area contributed by atoms with Crippen LogP contribution in [0, 0.1) is 17.0 Å². The third-order valence-corrected chi connectivity index (χ3v) is 3.67. The van der Waals surface area contributed by atoms with E-state index in [2.05, 4.69) is 0 Å². The van der Waals surface area contributed by atoms with Crippen LogP contribution >= 0.6 is 11.6 Å². The molecular formula is C13H19ClN2O3. The fourth-order valence-corrected chi connectivity index (χ4v) is 1.84. The molecule has 0 saturated heterocycles. The molecule has 0 heterocycles. The van der Waals surface area contributed by atoms with Crippen LogP contribution in [0.15, 0.2) is 12.1 Å². The Morgan fingerprint density at radius 1 is 1.42 bits per heavy atom. The third kappa shape index (κ3) is 3.81. The van der Waals surface area contributed by atoms with E-state index in [1.165, 1.54) is 12.1 Å². The Labute approximate surface area is 117 Å². The Hall–Kier alpha value is -1.33. The first-order chi connectivity index (χ1) is 8.83. The summed E-state index contributed by atoms with van der Waals surface area (Å²) in [7, 11) is 0. The van der Waals surface area contributed by atoms with Gasteiger partial charge in [0.15, 0.2) is 0 Å². The molecule has 0 saturated carbocycles. The standard InChI is InChI=1S/C13H19ClN2O3/c1-4-13(15,5-2)8-19-12-7-10(14)11(16(17)18)6-9(12)3/h6-7H,4-5,8,15H2,1-3H3. The predicted molar refractivity (Wildman–Crippen MR) is 75.8 cm³/mol. The number of aryl methyl sites for hydroxylation is 1. The first-order valence-corrected chi connectivity index (χ1v) is 6.57. The summed E-state index contributed by atoms with van der Waals surface area (Å²) in [6, 6.07) is 2.88. The van der Waals surface area contributed by atoms with Crippen molar-refractivity contribution < 1.29 is 9.66 Å². The minimum absolute atomic E-state index is 0.0706. The predicted octanol–water partition coefficient (Wildman–Crippen LogP) is 3.45. The molecule has 6 heteroatoms. The van der Waals surface area contributed by atoms with Crippen molar-refractivity contribution in [3.63, 3.8) is 0 Å². The van der Waals surface area contributed by atoms with Crippen molar-refractivity contribution in [3.05, 3.63) is 32.8 Å². The summed E-state index contributed by atoms with van der Waals surface area (Å²) in [6.07, 6.45) is 1.59. The van der Waals surface area contributed by atoms with Crippen LogP contribution in [0.1, 0.15) is 32.3 Å². The molecule has 1 aromatic rings. The molecule has 0 bridgehead atoms. The van der Waals surface area contributed by atoms with Gasteiger partial charge >= 0.3 is 0 Å². The van der Waals surface area contributed by atoms with Gasteiger partial charge in [-0.05, 0) is 25.3 Å². The second-order valence-electron chi connectivity index (χ2n) is 4.68. The lowest BCUT2D eigenvalue weighted by Crippen LogP contribution is -2.44. The summed E-state index contributed by atoms with van der Waals surface area (Å²) in [4.78, 5) is 10.2. The molecule has 0 amide bonds. The zero-order chi connectivity index (χ0) is 14.6. The fourth-order valence-electron chi connectivity index (χ4n) is 1.62. The molecular weight excluding hydrogens is 268 g/mol. The van der Waals surface area contributed by atoms with Gasteiger partial charge in [0, 0.05) is 17.7 Å². The van der Waals surface area contributed by atoms with Gasteiger partial charge in [-0.1, -0.05) is 25.4 Å². The average molecular weight is 287 g/mol. The number of halogens is 1. The van der Waals surface area contributed by atoms with Crippen LogP contribution in [0.4, 0.5) is 5.69 Å². The lowest BCUT2D eigenvalue weighted by Gasteiger charge is -2.26. The summed E-state index contributed by atoms with van der Waals surface area (Å²) in [5.41, 5.74) is 6.31. The number of rotatable bonds is 6. The van der Waals surface area contributed by atoms with Crippen LogP contribution in [-0.4, -0.2) is 17.1 Å². The second-order valence-corrected chi connectivity index (χ2v) is 5.09. The van der Waals surface area contributed by atoms with E-state index in [1.807, 2.05) is 13.8 Å². The summed E-state index contributed by atoms with van der Waals surface area (Å²) in [5, 5.41) is 10.8. The van der Waals surface area contributed by atoms with Gasteiger partial charge in [-0.15, -0.1) is 0 Å². The molecule has 2 N–H and O–H groups in total. The van der Waals surface area contributed by atoms with Crippen molar-refractivity contribution in [3.8, 4) is 5.75 Å². The van der Waals surface area contributed by atoms with Crippen molar-refractivity contribution in [2.45, 2.75) is 39.2 Å². The Bertz CT molecular complexity index is 473. The van der Waals surface area contributed by atoms with Gasteiger partial charge in [-0.25, -0.2) is 0 Å². The molecule has 0 unspecified atom stereocenters. The maximum absolute atomic E-state index is 10.8. The molecule has 0 fully saturated rings. The van der Waals surface area contributed by atoms with E-state index in [9.17, 15) is 10.1 Å². The minimum atomic E-state index is -0.509. The van der Waals surface area contributed by atoms with Gasteiger partial charge in [0.05, 0.1) is 4.92 Å². The summed E-state index contributed by atoms with van der Waals surface area (Å²) in [5.74, 6) is 0.535. The molecule has 19 heavy (non-hydrogen) atoms. The molecule has 1 rings (SSSR count). The van der Waals surface area contributed by atoms with Crippen LogP contribution in [-0.2, 0) is 0 Å². The number of ether oxygens (including phenoxy) is 1. The van der Waals surface area contributed by atoms with E-state index in [-0.39, 0.29) is 16.2 Å². The minimum Gasteiger partial charge on any atom is -0.491 e. The van der Waals surface area contributed by atoms with Gasteiger partial charge in [-0.2, -0.15) is 0 Å². The second kappa shape index (κ2) is 6.21. The number of nitro groups is 1. The van der Waals surface area contributed by atoms with Gasteiger partial charge in [-0.3, -0.25) is 10.1 Å². The van der Waals surface area contributed by atoms with Gasteiger partial charge in [0.2, 0.25) is 0 Å². The number of nitrogens with two attached hydrogens (primary N) is 1. The van der Waals surface area contributed by atoms with Gasteiger partial charge < -0.3 is 10.5 Å². The summed E-state index contributed by atoms with van der Waals surface area (Å²) >= 11 is 5.86. The highest BCUT2D eigenvalue weighted by Crippen LogP contribution is 2.32. The largest absolute Gasteiger partial charge is 0.491 e. The summed E-state index contributed by atoms with van der Waals surface area (Å²) in [6.45, 7) is 6.11. The lowest BCUT2D eigenvalue weighted by molar-refractivity contribution is -0.384. The highest BCUT2D eigenvalue weighted by atomic mass is 35.5. The van der Waals surface area contributed by atoms with E-state index in [1.54, 1.807) is 6.92 Å². The average Bonchev–Trinajstić information content (AvgIpc) is 2.38. The van der Waals surface area contributed by atoms with E-state index >= 15 is 0 Å². The molecule has 0 aliphatic rings. The zero-order valence-electron chi connectivity index (χ0n) is 11.4. The van der Waals surface area contributed by atoms with E-state index in [0.717, 1.165) is 12.8 Å². The SMILES string of the molecule is CCC(N)(CC)COc1cc(Cl)c([N+](=O)[O-])cc1C. The van der Waals surface area contributed by atoms with Crippen LogP contribution in [0.2, 0.25) is 5.02 Å². The lowest BCUT2D eigenvalue weighted by atomic mass is 9.95. The number of hydrogen-bond acceptors (Lipinski definition) is 4. The van der Waals surface area contributed by atoms with Crippen molar-refractivity contribution in [2.75, 3.05) is 6.61 Å². The smallest absolute Gasteiger partial charge is 0.288 e. The topological polar surface area (TPSA) is 78.4 Å². The highest BCUT2D eigenvalue weighted by molar-refractivity contribution is 6.32. The molecule has 0 spiro atoms. The van der Waals surface area contributed by atoms with Crippen molar-refractivity contribution in [2.24, 2.45) is 5.73 Å². The van der Waals surface area contributed by atoms with Crippen LogP contribution in [0.25, 0.3) is 0 Å². The molecule has 0 aliphatic carbocycles. The molecule has 5 nitrogen and oxygen atoms in total. The highest BCUT2D eigenvalue weighted by Gasteiger charge is 2.22. The quantitative estimate of drug-likeness (QED) is 0.641. The molecule has 0 radical (unpaired) electrons. The Balaban J connectivity index is 2.92. The van der Waals surface area contributed by atoms with Crippen molar-refractivity contribution in [1.29, 1.82) is 0 Å². The normalized spacial score (nSPS) is 11.4. The molecule has 0 aromatic heterocycles. The van der Waals surface area contributed by atoms with Gasteiger partial charge in [0.1, 0.15) is 17.4 Å². The monoisotopic (exact) mass is 286 g/mol.